The minimum Gasteiger partial charge on any atom is -0.357 e. The highest BCUT2D eigenvalue weighted by atomic mass is 16.2. The Kier molecular flexibility index (Phi) is 7.35. The lowest BCUT2D eigenvalue weighted by atomic mass is 9.92. The predicted molar refractivity (Wildman–Crippen MR) is 115 cm³/mol. The van der Waals surface area contributed by atoms with Crippen LogP contribution >= 0.6 is 0 Å². The molecule has 2 aliphatic rings. The summed E-state index contributed by atoms with van der Waals surface area (Å²) in [7, 11) is 0. The van der Waals surface area contributed by atoms with Gasteiger partial charge in [0, 0.05) is 45.7 Å². The smallest absolute Gasteiger partial charge is 0.222 e. The van der Waals surface area contributed by atoms with Crippen LogP contribution in [0.1, 0.15) is 51.2 Å². The fourth-order valence-corrected chi connectivity index (χ4v) is 4.54. The van der Waals surface area contributed by atoms with Gasteiger partial charge in [-0.3, -0.25) is 9.79 Å². The summed E-state index contributed by atoms with van der Waals surface area (Å²) < 4.78 is 0. The number of nitrogens with one attached hydrogen (secondary N) is 1. The van der Waals surface area contributed by atoms with Gasteiger partial charge in [0.05, 0.1) is 0 Å². The summed E-state index contributed by atoms with van der Waals surface area (Å²) in [5.41, 5.74) is 2.68. The number of benzene rings is 1. The van der Waals surface area contributed by atoms with Gasteiger partial charge in [-0.1, -0.05) is 38.1 Å². The minimum absolute atomic E-state index is 0.259. The van der Waals surface area contributed by atoms with E-state index in [1.54, 1.807) is 0 Å². The average molecular weight is 385 g/mol. The molecule has 2 unspecified atom stereocenters. The number of rotatable bonds is 5. The van der Waals surface area contributed by atoms with Crippen LogP contribution < -0.4 is 5.32 Å². The van der Waals surface area contributed by atoms with E-state index < -0.39 is 0 Å². The van der Waals surface area contributed by atoms with Gasteiger partial charge in [-0.15, -0.1) is 0 Å². The molecule has 2 aliphatic heterocycles. The van der Waals surface area contributed by atoms with E-state index in [9.17, 15) is 4.79 Å². The van der Waals surface area contributed by atoms with Crippen molar-refractivity contribution in [2.45, 2.75) is 53.0 Å². The maximum atomic E-state index is 12.6. The van der Waals surface area contributed by atoms with Crippen molar-refractivity contribution in [1.29, 1.82) is 0 Å². The molecule has 0 spiro atoms. The van der Waals surface area contributed by atoms with Crippen molar-refractivity contribution in [2.24, 2.45) is 16.8 Å². The molecule has 0 radical (unpaired) electrons. The molecular weight excluding hydrogens is 348 g/mol. The Bertz CT molecular complexity index is 677. The third-order valence-corrected chi connectivity index (χ3v) is 5.80. The first-order valence-electron chi connectivity index (χ1n) is 10.9. The van der Waals surface area contributed by atoms with E-state index >= 15 is 0 Å². The second kappa shape index (κ2) is 9.94. The molecule has 0 bridgehead atoms. The zero-order valence-corrected chi connectivity index (χ0v) is 17.8. The summed E-state index contributed by atoms with van der Waals surface area (Å²) in [6.45, 7) is 12.1. The molecule has 2 atom stereocenters. The molecule has 0 saturated carbocycles. The van der Waals surface area contributed by atoms with E-state index in [1.807, 2.05) is 4.90 Å². The zero-order chi connectivity index (χ0) is 19.9. The largest absolute Gasteiger partial charge is 0.357 e. The minimum atomic E-state index is 0.259. The number of guanidine groups is 1. The second-order valence-electron chi connectivity index (χ2n) is 8.52. The Hall–Kier alpha value is -2.04. The van der Waals surface area contributed by atoms with E-state index in [0.717, 1.165) is 51.5 Å². The summed E-state index contributed by atoms with van der Waals surface area (Å²) in [6, 6.07) is 8.46. The first-order valence-corrected chi connectivity index (χ1v) is 10.9. The molecule has 154 valence electrons. The lowest BCUT2D eigenvalue weighted by Gasteiger charge is -2.37. The van der Waals surface area contributed by atoms with E-state index in [0.29, 0.717) is 24.8 Å². The number of carbonyl (C=O) groups is 1. The Morgan fingerprint density at radius 1 is 1.14 bits per heavy atom. The molecule has 28 heavy (non-hydrogen) atoms. The van der Waals surface area contributed by atoms with Crippen LogP contribution in [0.15, 0.2) is 29.3 Å². The summed E-state index contributed by atoms with van der Waals surface area (Å²) in [6.07, 6.45) is 3.65. The quantitative estimate of drug-likeness (QED) is 0.481. The number of likely N-dealkylation sites (tertiary alicyclic amines) is 1. The lowest BCUT2D eigenvalue weighted by molar-refractivity contribution is -0.132. The molecule has 1 aromatic carbocycles. The van der Waals surface area contributed by atoms with E-state index in [-0.39, 0.29) is 5.91 Å². The molecule has 0 aliphatic carbocycles. The van der Waals surface area contributed by atoms with Gasteiger partial charge in [0.2, 0.25) is 5.91 Å². The molecule has 1 fully saturated rings. The van der Waals surface area contributed by atoms with E-state index in [1.165, 1.54) is 17.5 Å². The van der Waals surface area contributed by atoms with Gasteiger partial charge in [-0.25, -0.2) is 0 Å². The van der Waals surface area contributed by atoms with Crippen molar-refractivity contribution in [3.05, 3.63) is 35.4 Å². The third kappa shape index (κ3) is 5.49. The van der Waals surface area contributed by atoms with Crippen LogP contribution in [0.25, 0.3) is 0 Å². The first kappa shape index (κ1) is 20.7. The Morgan fingerprint density at radius 2 is 1.86 bits per heavy atom. The number of nitrogens with zero attached hydrogens (tertiary/aromatic N) is 3. The van der Waals surface area contributed by atoms with Gasteiger partial charge in [-0.05, 0) is 49.1 Å². The van der Waals surface area contributed by atoms with Crippen LogP contribution in [0, 0.1) is 11.8 Å². The average Bonchev–Trinajstić information content (AvgIpc) is 2.69. The van der Waals surface area contributed by atoms with Gasteiger partial charge < -0.3 is 15.1 Å². The van der Waals surface area contributed by atoms with Gasteiger partial charge in [0.25, 0.3) is 0 Å². The molecule has 1 N–H and O–H groups in total. The first-order chi connectivity index (χ1) is 13.6. The van der Waals surface area contributed by atoms with Crippen molar-refractivity contribution in [3.8, 4) is 0 Å². The lowest BCUT2D eigenvalue weighted by Crippen LogP contribution is -2.48. The molecule has 1 amide bonds. The number of fused-ring (bicyclic) bond motifs is 1. The normalized spacial score (nSPS) is 22.8. The van der Waals surface area contributed by atoms with E-state index in [4.69, 9.17) is 4.99 Å². The molecule has 5 nitrogen and oxygen atoms in total. The molecule has 0 aromatic heterocycles. The van der Waals surface area contributed by atoms with Crippen LogP contribution in [-0.4, -0.2) is 54.4 Å². The number of piperidine rings is 1. The topological polar surface area (TPSA) is 47.9 Å². The molecule has 2 heterocycles. The van der Waals surface area contributed by atoms with Crippen LogP contribution in [0.3, 0.4) is 0 Å². The molecule has 1 aromatic rings. The SMILES string of the molecule is CCNC(=NCCCC(=O)N1CCc2ccccc2C1)N1CC(C)CC(C)C1. The van der Waals surface area contributed by atoms with Crippen LogP contribution in [0.2, 0.25) is 0 Å². The summed E-state index contributed by atoms with van der Waals surface area (Å²) >= 11 is 0. The van der Waals surface area contributed by atoms with Gasteiger partial charge in [0.1, 0.15) is 0 Å². The van der Waals surface area contributed by atoms with Gasteiger partial charge in [0.15, 0.2) is 5.96 Å². The fourth-order valence-electron chi connectivity index (χ4n) is 4.54. The van der Waals surface area contributed by atoms with Crippen LogP contribution in [0.5, 0.6) is 0 Å². The fraction of sp³-hybridized carbons (Fsp3) is 0.652. The zero-order valence-electron chi connectivity index (χ0n) is 17.8. The van der Waals surface area contributed by atoms with E-state index in [2.05, 4.69) is 55.3 Å². The highest BCUT2D eigenvalue weighted by Crippen LogP contribution is 2.21. The summed E-state index contributed by atoms with van der Waals surface area (Å²) in [4.78, 5) is 21.8. The number of aliphatic imine (C=N–C) groups is 1. The highest BCUT2D eigenvalue weighted by Gasteiger charge is 2.24. The summed E-state index contributed by atoms with van der Waals surface area (Å²) in [5.74, 6) is 2.68. The number of hydrogen-bond donors (Lipinski definition) is 1. The molecule has 3 rings (SSSR count). The van der Waals surface area contributed by atoms with Crippen molar-refractivity contribution < 1.29 is 4.79 Å². The van der Waals surface area contributed by atoms with Crippen LogP contribution in [-0.2, 0) is 17.8 Å². The van der Waals surface area contributed by atoms with Crippen molar-refractivity contribution in [2.75, 3.05) is 32.7 Å². The second-order valence-corrected chi connectivity index (χ2v) is 8.52. The predicted octanol–water partition coefficient (Wildman–Crippen LogP) is 3.29. The maximum Gasteiger partial charge on any atom is 0.222 e. The number of carbonyl (C=O) groups excluding carboxylic acids is 1. The molecule has 5 heteroatoms. The summed E-state index contributed by atoms with van der Waals surface area (Å²) in [5, 5.41) is 3.44. The Balaban J connectivity index is 1.48. The number of hydrogen-bond acceptors (Lipinski definition) is 2. The standard InChI is InChI=1S/C23H36N4O/c1-4-24-23(27-15-18(2)14-19(3)16-27)25-12-7-10-22(28)26-13-11-20-8-5-6-9-21(20)17-26/h5-6,8-9,18-19H,4,7,10-17H2,1-3H3,(H,24,25). The maximum absolute atomic E-state index is 12.6. The monoisotopic (exact) mass is 384 g/mol. The van der Waals surface area contributed by atoms with Crippen molar-refractivity contribution in [1.82, 2.24) is 15.1 Å². The number of amides is 1. The van der Waals surface area contributed by atoms with Gasteiger partial charge in [-0.2, -0.15) is 0 Å². The third-order valence-electron chi connectivity index (χ3n) is 5.80. The Morgan fingerprint density at radius 3 is 2.57 bits per heavy atom. The highest BCUT2D eigenvalue weighted by molar-refractivity contribution is 5.80. The van der Waals surface area contributed by atoms with Crippen LogP contribution in [0.4, 0.5) is 0 Å². The van der Waals surface area contributed by atoms with Crippen molar-refractivity contribution >= 4 is 11.9 Å². The molecule has 1 saturated heterocycles. The Labute approximate surface area is 170 Å². The van der Waals surface area contributed by atoms with Crippen molar-refractivity contribution in [3.63, 3.8) is 0 Å². The molecular formula is C23H36N4O. The van der Waals surface area contributed by atoms with Gasteiger partial charge >= 0.3 is 0 Å².